The van der Waals surface area contributed by atoms with Crippen molar-refractivity contribution in [2.45, 2.75) is 33.2 Å². The first-order chi connectivity index (χ1) is 8.38. The summed E-state index contributed by atoms with van der Waals surface area (Å²) in [5, 5.41) is 11.3. The number of carboxylic acid groups (broad SMARTS) is 1. The molecule has 1 rings (SSSR count). The highest BCUT2D eigenvalue weighted by molar-refractivity contribution is 5.98. The average molecular weight is 249 g/mol. The molecule has 0 aliphatic heterocycles. The molecule has 0 spiro atoms. The number of carbonyl (C=O) groups is 2. The van der Waals surface area contributed by atoms with E-state index in [1.165, 1.54) is 0 Å². The number of aryl methyl sites for hydroxylation is 2. The highest BCUT2D eigenvalue weighted by Crippen LogP contribution is 2.20. The summed E-state index contributed by atoms with van der Waals surface area (Å²) in [5.74, 6) is 1.69. The molecular weight excluding hydrogens is 234 g/mol. The van der Waals surface area contributed by atoms with Crippen LogP contribution >= 0.6 is 0 Å². The van der Waals surface area contributed by atoms with Gasteiger partial charge in [-0.15, -0.1) is 12.3 Å². The normalized spacial score (nSPS) is 11.7. The monoisotopic (exact) mass is 249 g/mol. The number of hydrogen-bond donors (Lipinski definition) is 2. The highest BCUT2D eigenvalue weighted by atomic mass is 16.4. The van der Waals surface area contributed by atoms with Gasteiger partial charge >= 0.3 is 5.97 Å². The summed E-state index contributed by atoms with van der Waals surface area (Å²) >= 11 is 0. The highest BCUT2D eigenvalue weighted by Gasteiger charge is 2.24. The lowest BCUT2D eigenvalue weighted by Gasteiger charge is -2.11. The number of carbonyl (C=O) groups excluding carboxylic acids is 1. The molecule has 1 heterocycles. The fraction of sp³-hybridized carbons (Fsp3) is 0.385. The Labute approximate surface area is 105 Å². The Bertz CT molecular complexity index is 522. The lowest BCUT2D eigenvalue weighted by Crippen LogP contribution is -2.40. The lowest BCUT2D eigenvalue weighted by atomic mass is 10.1. The van der Waals surface area contributed by atoms with Crippen LogP contribution in [0.2, 0.25) is 0 Å². The molecule has 0 radical (unpaired) electrons. The molecule has 96 valence electrons. The van der Waals surface area contributed by atoms with Gasteiger partial charge < -0.3 is 14.8 Å². The molecule has 1 unspecified atom stereocenters. The summed E-state index contributed by atoms with van der Waals surface area (Å²) in [6.45, 7) is 5.15. The summed E-state index contributed by atoms with van der Waals surface area (Å²) in [5.41, 5.74) is 1.07. The second-order valence-corrected chi connectivity index (χ2v) is 3.99. The fourth-order valence-electron chi connectivity index (χ4n) is 1.68. The van der Waals surface area contributed by atoms with Crippen molar-refractivity contribution in [3.05, 3.63) is 22.6 Å². The molecule has 0 aliphatic carbocycles. The Morgan fingerprint density at radius 2 is 2.00 bits per heavy atom. The van der Waals surface area contributed by atoms with Crippen LogP contribution < -0.4 is 5.32 Å². The first-order valence-electron chi connectivity index (χ1n) is 5.42. The molecule has 1 atom stereocenters. The number of nitrogens with one attached hydrogen (secondary N) is 1. The number of aliphatic carboxylic acids is 1. The van der Waals surface area contributed by atoms with Gasteiger partial charge in [0.05, 0.1) is 5.56 Å². The number of carboxylic acids is 1. The van der Waals surface area contributed by atoms with E-state index in [0.717, 1.165) is 0 Å². The predicted molar refractivity (Wildman–Crippen MR) is 65.3 cm³/mol. The summed E-state index contributed by atoms with van der Waals surface area (Å²) < 4.78 is 5.32. The van der Waals surface area contributed by atoms with Crippen LogP contribution in [0, 0.1) is 33.1 Å². The molecule has 1 aromatic heterocycles. The Kier molecular flexibility index (Phi) is 4.16. The molecule has 0 saturated heterocycles. The first-order valence-corrected chi connectivity index (χ1v) is 5.42. The van der Waals surface area contributed by atoms with E-state index in [4.69, 9.17) is 15.9 Å². The topological polar surface area (TPSA) is 79.5 Å². The Morgan fingerprint density at radius 1 is 1.39 bits per heavy atom. The first kappa shape index (κ1) is 13.8. The minimum Gasteiger partial charge on any atom is -0.480 e. The Morgan fingerprint density at radius 3 is 2.39 bits per heavy atom. The summed E-state index contributed by atoms with van der Waals surface area (Å²) in [4.78, 5) is 22.9. The third kappa shape index (κ3) is 2.72. The predicted octanol–water partition coefficient (Wildman–Crippen LogP) is 1.41. The van der Waals surface area contributed by atoms with Crippen LogP contribution in [0.25, 0.3) is 0 Å². The Balaban J connectivity index is 2.95. The maximum atomic E-state index is 12.0. The van der Waals surface area contributed by atoms with Crippen LogP contribution in [0.5, 0.6) is 0 Å². The molecule has 0 bridgehead atoms. The van der Waals surface area contributed by atoms with E-state index in [2.05, 4.69) is 11.2 Å². The molecule has 1 aromatic rings. The van der Waals surface area contributed by atoms with Crippen LogP contribution in [0.3, 0.4) is 0 Å². The molecule has 5 heteroatoms. The zero-order chi connectivity index (χ0) is 13.9. The van der Waals surface area contributed by atoms with Crippen molar-refractivity contribution in [3.63, 3.8) is 0 Å². The van der Waals surface area contributed by atoms with Crippen molar-refractivity contribution in [2.75, 3.05) is 0 Å². The molecule has 18 heavy (non-hydrogen) atoms. The second-order valence-electron chi connectivity index (χ2n) is 3.99. The number of rotatable bonds is 4. The number of hydrogen-bond acceptors (Lipinski definition) is 3. The molecule has 0 aliphatic rings. The molecule has 0 aromatic carbocycles. The SMILES string of the molecule is C#CCC(NC(=O)c1c(C)oc(C)c1C)C(=O)O. The summed E-state index contributed by atoms with van der Waals surface area (Å²) in [7, 11) is 0. The average Bonchev–Trinajstić information content (AvgIpc) is 2.52. The lowest BCUT2D eigenvalue weighted by molar-refractivity contribution is -0.139. The van der Waals surface area contributed by atoms with Crippen LogP contribution in [0.4, 0.5) is 0 Å². The molecule has 1 amide bonds. The van der Waals surface area contributed by atoms with Gasteiger partial charge in [-0.1, -0.05) is 0 Å². The number of terminal acetylenes is 1. The van der Waals surface area contributed by atoms with E-state index >= 15 is 0 Å². The molecule has 0 fully saturated rings. The minimum absolute atomic E-state index is 0.0595. The zero-order valence-electron chi connectivity index (χ0n) is 10.5. The quantitative estimate of drug-likeness (QED) is 0.791. The third-order valence-electron chi connectivity index (χ3n) is 2.71. The van der Waals surface area contributed by atoms with Gasteiger partial charge in [0.1, 0.15) is 17.6 Å². The van der Waals surface area contributed by atoms with E-state index in [1.807, 2.05) is 0 Å². The maximum Gasteiger partial charge on any atom is 0.327 e. The smallest absolute Gasteiger partial charge is 0.327 e. The van der Waals surface area contributed by atoms with Crippen LogP contribution in [0.15, 0.2) is 4.42 Å². The summed E-state index contributed by atoms with van der Waals surface area (Å²) in [6, 6.07) is -1.09. The van der Waals surface area contributed by atoms with Crippen LogP contribution in [0.1, 0.15) is 33.9 Å². The number of furan rings is 1. The van der Waals surface area contributed by atoms with Gasteiger partial charge in [0.25, 0.3) is 5.91 Å². The van der Waals surface area contributed by atoms with Crippen molar-refractivity contribution < 1.29 is 19.1 Å². The van der Waals surface area contributed by atoms with Crippen molar-refractivity contribution in [3.8, 4) is 12.3 Å². The van der Waals surface area contributed by atoms with Gasteiger partial charge in [0.2, 0.25) is 0 Å². The minimum atomic E-state index is -1.16. The second kappa shape index (κ2) is 5.41. The van der Waals surface area contributed by atoms with Crippen molar-refractivity contribution in [1.29, 1.82) is 0 Å². The summed E-state index contributed by atoms with van der Waals surface area (Å²) in [6.07, 6.45) is 5.00. The molecular formula is C13H15NO4. The van der Waals surface area contributed by atoms with E-state index in [-0.39, 0.29) is 6.42 Å². The third-order valence-corrected chi connectivity index (χ3v) is 2.71. The number of amides is 1. The van der Waals surface area contributed by atoms with Gasteiger partial charge in [-0.05, 0) is 20.8 Å². The van der Waals surface area contributed by atoms with Gasteiger partial charge in [-0.25, -0.2) is 4.79 Å². The standard InChI is InChI=1S/C13H15NO4/c1-5-6-10(13(16)17)14-12(15)11-7(2)8(3)18-9(11)4/h1,10H,6H2,2-4H3,(H,14,15)(H,16,17). The van der Waals surface area contributed by atoms with Gasteiger partial charge in [0.15, 0.2) is 0 Å². The van der Waals surface area contributed by atoms with Crippen LogP contribution in [-0.2, 0) is 4.79 Å². The Hall–Kier alpha value is -2.22. The van der Waals surface area contributed by atoms with Gasteiger partial charge in [-0.3, -0.25) is 4.79 Å². The fourth-order valence-corrected chi connectivity index (χ4v) is 1.68. The van der Waals surface area contributed by atoms with E-state index < -0.39 is 17.9 Å². The molecule has 2 N–H and O–H groups in total. The molecule has 0 saturated carbocycles. The van der Waals surface area contributed by atoms with E-state index in [9.17, 15) is 9.59 Å². The molecule has 5 nitrogen and oxygen atoms in total. The largest absolute Gasteiger partial charge is 0.480 e. The maximum absolute atomic E-state index is 12.0. The van der Waals surface area contributed by atoms with E-state index in [0.29, 0.717) is 22.6 Å². The van der Waals surface area contributed by atoms with Crippen molar-refractivity contribution in [2.24, 2.45) is 0 Å². The van der Waals surface area contributed by atoms with Crippen molar-refractivity contribution in [1.82, 2.24) is 5.32 Å². The van der Waals surface area contributed by atoms with Crippen LogP contribution in [-0.4, -0.2) is 23.0 Å². The van der Waals surface area contributed by atoms with Gasteiger partial charge in [0, 0.05) is 12.0 Å². The van der Waals surface area contributed by atoms with E-state index in [1.54, 1.807) is 20.8 Å². The van der Waals surface area contributed by atoms with Gasteiger partial charge in [-0.2, -0.15) is 0 Å². The van der Waals surface area contributed by atoms with Crippen molar-refractivity contribution >= 4 is 11.9 Å². The zero-order valence-corrected chi connectivity index (χ0v) is 10.5.